The molecule has 0 saturated heterocycles. The molecule has 110 valence electrons. The SMILES string of the molecule is Cc1ccc2c(N)c(C(=O)NC3C=CS(=O)(=O)C3)sc2c1. The number of carbonyl (C=O) groups excluding carboxylic acids is 1. The molecule has 0 fully saturated rings. The summed E-state index contributed by atoms with van der Waals surface area (Å²) in [5.74, 6) is -0.430. The maximum atomic E-state index is 12.3. The van der Waals surface area contributed by atoms with Crippen LogP contribution in [-0.2, 0) is 9.84 Å². The molecule has 1 atom stereocenters. The van der Waals surface area contributed by atoms with Gasteiger partial charge in [-0.15, -0.1) is 11.3 Å². The topological polar surface area (TPSA) is 89.3 Å². The molecule has 3 N–H and O–H groups in total. The highest BCUT2D eigenvalue weighted by Gasteiger charge is 2.25. The van der Waals surface area contributed by atoms with Gasteiger partial charge in [0, 0.05) is 15.5 Å². The van der Waals surface area contributed by atoms with Crippen LogP contribution in [0.25, 0.3) is 10.1 Å². The first-order chi connectivity index (χ1) is 9.85. The minimum Gasteiger partial charge on any atom is -0.397 e. The molecule has 0 radical (unpaired) electrons. The highest BCUT2D eigenvalue weighted by Crippen LogP contribution is 2.34. The van der Waals surface area contributed by atoms with Crippen LogP contribution >= 0.6 is 11.3 Å². The van der Waals surface area contributed by atoms with Gasteiger partial charge in [-0.1, -0.05) is 12.1 Å². The van der Waals surface area contributed by atoms with Crippen molar-refractivity contribution in [3.8, 4) is 0 Å². The van der Waals surface area contributed by atoms with E-state index in [0.717, 1.165) is 21.1 Å². The van der Waals surface area contributed by atoms with Crippen molar-refractivity contribution in [2.24, 2.45) is 0 Å². The van der Waals surface area contributed by atoms with E-state index in [1.165, 1.54) is 17.4 Å². The Balaban J connectivity index is 1.89. The summed E-state index contributed by atoms with van der Waals surface area (Å²) in [5.41, 5.74) is 7.57. The number of fused-ring (bicyclic) bond motifs is 1. The van der Waals surface area contributed by atoms with Crippen LogP contribution in [0.5, 0.6) is 0 Å². The van der Waals surface area contributed by atoms with Gasteiger partial charge in [-0.05, 0) is 24.6 Å². The maximum Gasteiger partial charge on any atom is 0.264 e. The second-order valence-corrected chi connectivity index (χ2v) is 8.07. The Hall–Kier alpha value is -1.86. The van der Waals surface area contributed by atoms with Gasteiger partial charge in [-0.3, -0.25) is 4.79 Å². The zero-order valence-electron chi connectivity index (χ0n) is 11.3. The molecule has 21 heavy (non-hydrogen) atoms. The number of aryl methyl sites for hydroxylation is 1. The van der Waals surface area contributed by atoms with Gasteiger partial charge in [-0.25, -0.2) is 8.42 Å². The number of hydrogen-bond donors (Lipinski definition) is 2. The summed E-state index contributed by atoms with van der Waals surface area (Å²) in [6.07, 6.45) is 1.49. The van der Waals surface area contributed by atoms with E-state index in [9.17, 15) is 13.2 Å². The minimum atomic E-state index is -3.19. The molecule has 1 aliphatic heterocycles. The second-order valence-electron chi connectivity index (χ2n) is 5.08. The molecule has 1 aromatic heterocycles. The monoisotopic (exact) mass is 322 g/mol. The number of anilines is 1. The number of benzene rings is 1. The number of hydrogen-bond acceptors (Lipinski definition) is 5. The summed E-state index contributed by atoms with van der Waals surface area (Å²) >= 11 is 1.32. The summed E-state index contributed by atoms with van der Waals surface area (Å²) in [7, 11) is -3.19. The van der Waals surface area contributed by atoms with E-state index >= 15 is 0 Å². The van der Waals surface area contributed by atoms with E-state index in [4.69, 9.17) is 5.73 Å². The van der Waals surface area contributed by atoms with Gasteiger partial charge in [0.25, 0.3) is 5.91 Å². The second kappa shape index (κ2) is 4.85. The van der Waals surface area contributed by atoms with Gasteiger partial charge in [0.1, 0.15) is 4.88 Å². The van der Waals surface area contributed by atoms with Gasteiger partial charge in [-0.2, -0.15) is 0 Å². The highest BCUT2D eigenvalue weighted by molar-refractivity contribution is 7.94. The summed E-state index contributed by atoms with van der Waals surface area (Å²) in [5, 5.41) is 4.68. The fourth-order valence-corrected chi connectivity index (χ4v) is 4.65. The van der Waals surface area contributed by atoms with Crippen molar-refractivity contribution in [3.05, 3.63) is 40.1 Å². The number of nitrogens with one attached hydrogen (secondary N) is 1. The third kappa shape index (κ3) is 2.66. The summed E-state index contributed by atoms with van der Waals surface area (Å²) in [4.78, 5) is 12.7. The van der Waals surface area contributed by atoms with Crippen LogP contribution in [0, 0.1) is 6.92 Å². The molecular weight excluding hydrogens is 308 g/mol. The van der Waals surface area contributed by atoms with E-state index in [1.807, 2.05) is 25.1 Å². The van der Waals surface area contributed by atoms with Gasteiger partial charge >= 0.3 is 0 Å². The lowest BCUT2D eigenvalue weighted by Crippen LogP contribution is -2.35. The number of rotatable bonds is 2. The fraction of sp³-hybridized carbons (Fsp3) is 0.214. The van der Waals surface area contributed by atoms with Crippen molar-refractivity contribution in [2.45, 2.75) is 13.0 Å². The first-order valence-electron chi connectivity index (χ1n) is 6.36. The Morgan fingerprint density at radius 1 is 1.43 bits per heavy atom. The van der Waals surface area contributed by atoms with Crippen molar-refractivity contribution in [1.29, 1.82) is 0 Å². The lowest BCUT2D eigenvalue weighted by molar-refractivity contribution is 0.0952. The molecule has 1 unspecified atom stereocenters. The zero-order valence-corrected chi connectivity index (χ0v) is 12.9. The number of carbonyl (C=O) groups is 1. The lowest BCUT2D eigenvalue weighted by atomic mass is 10.1. The quantitative estimate of drug-likeness (QED) is 0.883. The van der Waals surface area contributed by atoms with Crippen molar-refractivity contribution >= 4 is 42.9 Å². The third-order valence-electron chi connectivity index (χ3n) is 3.34. The first kappa shape index (κ1) is 14.1. The number of thiophene rings is 1. The van der Waals surface area contributed by atoms with Crippen LogP contribution in [0.1, 0.15) is 15.2 Å². The smallest absolute Gasteiger partial charge is 0.264 e. The Morgan fingerprint density at radius 2 is 2.19 bits per heavy atom. The average Bonchev–Trinajstić information content (AvgIpc) is 2.90. The Bertz CT molecular complexity index is 866. The van der Waals surface area contributed by atoms with Crippen LogP contribution in [0.3, 0.4) is 0 Å². The highest BCUT2D eigenvalue weighted by atomic mass is 32.2. The van der Waals surface area contributed by atoms with E-state index in [-0.39, 0.29) is 11.7 Å². The largest absolute Gasteiger partial charge is 0.397 e. The maximum absolute atomic E-state index is 12.3. The Labute approximate surface area is 126 Å². The van der Waals surface area contributed by atoms with Gasteiger partial charge in [0.15, 0.2) is 9.84 Å². The van der Waals surface area contributed by atoms with Crippen LogP contribution < -0.4 is 11.1 Å². The first-order valence-corrected chi connectivity index (χ1v) is 8.89. The fourth-order valence-electron chi connectivity index (χ4n) is 2.29. The van der Waals surface area contributed by atoms with Crippen LogP contribution in [-0.4, -0.2) is 26.1 Å². The molecule has 7 heteroatoms. The molecule has 0 aliphatic carbocycles. The average molecular weight is 322 g/mol. The minimum absolute atomic E-state index is 0.0946. The van der Waals surface area contributed by atoms with E-state index < -0.39 is 15.9 Å². The molecule has 0 saturated carbocycles. The molecule has 1 amide bonds. The molecule has 0 spiro atoms. The molecule has 0 bridgehead atoms. The molecule has 1 aromatic carbocycles. The van der Waals surface area contributed by atoms with E-state index in [0.29, 0.717) is 10.6 Å². The normalized spacial score (nSPS) is 20.0. The van der Waals surface area contributed by atoms with Gasteiger partial charge in [0.2, 0.25) is 0 Å². The zero-order chi connectivity index (χ0) is 15.2. The van der Waals surface area contributed by atoms with Crippen LogP contribution in [0.2, 0.25) is 0 Å². The van der Waals surface area contributed by atoms with Crippen molar-refractivity contribution < 1.29 is 13.2 Å². The van der Waals surface area contributed by atoms with Crippen LogP contribution in [0.4, 0.5) is 5.69 Å². The number of amides is 1. The predicted molar refractivity (Wildman–Crippen MR) is 85.2 cm³/mol. The molecule has 3 rings (SSSR count). The lowest BCUT2D eigenvalue weighted by Gasteiger charge is -2.09. The summed E-state index contributed by atoms with van der Waals surface area (Å²) in [6.45, 7) is 1.98. The van der Waals surface area contributed by atoms with Crippen molar-refractivity contribution in [2.75, 3.05) is 11.5 Å². The summed E-state index contributed by atoms with van der Waals surface area (Å²) in [6, 6.07) is 5.33. The van der Waals surface area contributed by atoms with Crippen molar-refractivity contribution in [3.63, 3.8) is 0 Å². The van der Waals surface area contributed by atoms with E-state index in [1.54, 1.807) is 0 Å². The third-order valence-corrected chi connectivity index (χ3v) is 5.90. The molecule has 2 aromatic rings. The van der Waals surface area contributed by atoms with Gasteiger partial charge in [0.05, 0.1) is 17.5 Å². The van der Waals surface area contributed by atoms with E-state index in [2.05, 4.69) is 5.32 Å². The van der Waals surface area contributed by atoms with Gasteiger partial charge < -0.3 is 11.1 Å². The molecule has 1 aliphatic rings. The molecular formula is C14H14N2O3S2. The number of nitrogens with two attached hydrogens (primary N) is 1. The summed E-state index contributed by atoms with van der Waals surface area (Å²) < 4.78 is 23.6. The predicted octanol–water partition coefficient (Wildman–Crippen LogP) is 1.83. The standard InChI is InChI=1S/C14H14N2O3S2/c1-8-2-3-10-11(6-8)20-13(12(10)15)14(17)16-9-4-5-21(18,19)7-9/h2-6,9H,7,15H2,1H3,(H,16,17). The number of sulfone groups is 1. The molecule has 5 nitrogen and oxygen atoms in total. The van der Waals surface area contributed by atoms with Crippen molar-refractivity contribution in [1.82, 2.24) is 5.32 Å². The number of nitrogen functional groups attached to an aromatic ring is 1. The Morgan fingerprint density at radius 3 is 2.86 bits per heavy atom. The Kier molecular flexibility index (Phi) is 3.26. The molecule has 2 heterocycles. The van der Waals surface area contributed by atoms with Crippen LogP contribution in [0.15, 0.2) is 29.7 Å².